The van der Waals surface area contributed by atoms with Crippen LogP contribution in [0.1, 0.15) is 16.9 Å². The first-order chi connectivity index (χ1) is 9.29. The molecule has 0 aliphatic carbocycles. The monoisotopic (exact) mass is 261 g/mol. The molecule has 19 heavy (non-hydrogen) atoms. The number of hydrogen-bond donors (Lipinski definition) is 1. The van der Waals surface area contributed by atoms with Crippen LogP contribution in [0.15, 0.2) is 31.0 Å². The van der Waals surface area contributed by atoms with E-state index < -0.39 is 5.97 Å². The zero-order valence-electron chi connectivity index (χ0n) is 10.6. The molecule has 0 saturated carbocycles. The highest BCUT2D eigenvalue weighted by atomic mass is 16.5. The summed E-state index contributed by atoms with van der Waals surface area (Å²) in [5.74, 6) is -0.0441. The van der Waals surface area contributed by atoms with Crippen molar-refractivity contribution < 1.29 is 9.53 Å². The first-order valence-electron chi connectivity index (χ1n) is 5.90. The van der Waals surface area contributed by atoms with Gasteiger partial charge in [0, 0.05) is 31.7 Å². The average molecular weight is 261 g/mol. The Morgan fingerprint density at radius 2 is 2.37 bits per heavy atom. The summed E-state index contributed by atoms with van der Waals surface area (Å²) in [6.07, 6.45) is 7.86. The Kier molecular flexibility index (Phi) is 4.44. The predicted octanol–water partition coefficient (Wildman–Crippen LogP) is 0.962. The minimum absolute atomic E-state index is 0.245. The van der Waals surface area contributed by atoms with Gasteiger partial charge in [-0.3, -0.25) is 0 Å². The van der Waals surface area contributed by atoms with E-state index in [4.69, 9.17) is 0 Å². The van der Waals surface area contributed by atoms with Crippen LogP contribution in [-0.2, 0) is 11.3 Å². The van der Waals surface area contributed by atoms with Gasteiger partial charge in [0.05, 0.1) is 13.4 Å². The normalized spacial score (nSPS) is 10.2. The maximum absolute atomic E-state index is 11.3. The quantitative estimate of drug-likeness (QED) is 0.616. The maximum atomic E-state index is 11.3. The summed E-state index contributed by atoms with van der Waals surface area (Å²) in [6, 6.07) is 1.52. The van der Waals surface area contributed by atoms with Gasteiger partial charge >= 0.3 is 5.97 Å². The fraction of sp³-hybridized carbons (Fsp3) is 0.333. The second-order valence-corrected chi connectivity index (χ2v) is 3.84. The van der Waals surface area contributed by atoms with E-state index in [1.54, 1.807) is 12.5 Å². The number of rotatable bonds is 6. The largest absolute Gasteiger partial charge is 0.464 e. The second kappa shape index (κ2) is 6.48. The van der Waals surface area contributed by atoms with E-state index in [0.29, 0.717) is 12.5 Å². The summed E-state index contributed by atoms with van der Waals surface area (Å²) in [6.45, 7) is 1.58. The van der Waals surface area contributed by atoms with E-state index in [0.717, 1.165) is 13.0 Å². The molecule has 7 nitrogen and oxygen atoms in total. The van der Waals surface area contributed by atoms with Crippen molar-refractivity contribution in [3.8, 4) is 0 Å². The number of methoxy groups -OCH3 is 1. The smallest absolute Gasteiger partial charge is 0.356 e. The topological polar surface area (TPSA) is 81.9 Å². The van der Waals surface area contributed by atoms with Crippen LogP contribution in [0.5, 0.6) is 0 Å². The fourth-order valence-electron chi connectivity index (χ4n) is 1.54. The van der Waals surface area contributed by atoms with Crippen molar-refractivity contribution in [2.75, 3.05) is 19.0 Å². The standard InChI is InChI=1S/C12H15N5O2/c1-19-11(18)10-3-5-15-12(16-10)14-4-2-7-17-8-6-13-9-17/h3,5-6,8-9H,2,4,7H2,1H3,(H,14,15,16). The Morgan fingerprint density at radius 1 is 1.47 bits per heavy atom. The Bertz CT molecular complexity index is 527. The van der Waals surface area contributed by atoms with Gasteiger partial charge in [-0.25, -0.2) is 19.7 Å². The Labute approximate surface area is 110 Å². The molecule has 0 aliphatic heterocycles. The van der Waals surface area contributed by atoms with Gasteiger partial charge in [-0.1, -0.05) is 0 Å². The predicted molar refractivity (Wildman–Crippen MR) is 68.7 cm³/mol. The number of hydrogen-bond acceptors (Lipinski definition) is 6. The van der Waals surface area contributed by atoms with Crippen molar-refractivity contribution in [2.45, 2.75) is 13.0 Å². The summed E-state index contributed by atoms with van der Waals surface area (Å²) < 4.78 is 6.59. The van der Waals surface area contributed by atoms with Gasteiger partial charge < -0.3 is 14.6 Å². The number of carbonyl (C=O) groups excluding carboxylic acids is 1. The molecule has 0 atom stereocenters. The van der Waals surface area contributed by atoms with E-state index in [2.05, 4.69) is 25.0 Å². The van der Waals surface area contributed by atoms with Crippen LogP contribution < -0.4 is 5.32 Å². The highest BCUT2D eigenvalue weighted by Crippen LogP contribution is 2.02. The molecule has 0 unspecified atom stereocenters. The minimum Gasteiger partial charge on any atom is -0.464 e. The third kappa shape index (κ3) is 3.77. The maximum Gasteiger partial charge on any atom is 0.356 e. The fourth-order valence-corrected chi connectivity index (χ4v) is 1.54. The van der Waals surface area contributed by atoms with Crippen molar-refractivity contribution >= 4 is 11.9 Å². The molecule has 0 saturated heterocycles. The Morgan fingerprint density at radius 3 is 3.11 bits per heavy atom. The van der Waals surface area contributed by atoms with Gasteiger partial charge in [-0.05, 0) is 12.5 Å². The number of aryl methyl sites for hydroxylation is 1. The van der Waals surface area contributed by atoms with Crippen LogP contribution in [0.3, 0.4) is 0 Å². The van der Waals surface area contributed by atoms with Crippen molar-refractivity contribution in [2.24, 2.45) is 0 Å². The lowest BCUT2D eigenvalue weighted by Crippen LogP contribution is -2.11. The molecule has 100 valence electrons. The zero-order valence-corrected chi connectivity index (χ0v) is 10.6. The average Bonchev–Trinajstić information content (AvgIpc) is 2.96. The van der Waals surface area contributed by atoms with Crippen LogP contribution in [0.25, 0.3) is 0 Å². The van der Waals surface area contributed by atoms with Crippen molar-refractivity contribution in [1.82, 2.24) is 19.5 Å². The van der Waals surface area contributed by atoms with E-state index >= 15 is 0 Å². The molecule has 7 heteroatoms. The molecule has 2 aromatic heterocycles. The molecule has 0 bridgehead atoms. The molecular formula is C12H15N5O2. The van der Waals surface area contributed by atoms with Crippen LogP contribution in [0.2, 0.25) is 0 Å². The molecule has 2 heterocycles. The highest BCUT2D eigenvalue weighted by Gasteiger charge is 2.07. The molecular weight excluding hydrogens is 246 g/mol. The summed E-state index contributed by atoms with van der Waals surface area (Å²) in [7, 11) is 1.32. The number of anilines is 1. The van der Waals surface area contributed by atoms with E-state index in [1.807, 2.05) is 10.8 Å². The second-order valence-electron chi connectivity index (χ2n) is 3.84. The van der Waals surface area contributed by atoms with Crippen LogP contribution in [0.4, 0.5) is 5.95 Å². The lowest BCUT2D eigenvalue weighted by Gasteiger charge is -2.06. The lowest BCUT2D eigenvalue weighted by atomic mass is 10.4. The first kappa shape index (κ1) is 13.0. The van der Waals surface area contributed by atoms with E-state index in [-0.39, 0.29) is 5.69 Å². The molecule has 0 aliphatic rings. The highest BCUT2D eigenvalue weighted by molar-refractivity contribution is 5.87. The first-order valence-corrected chi connectivity index (χ1v) is 5.90. The third-order valence-electron chi connectivity index (χ3n) is 2.49. The summed E-state index contributed by atoms with van der Waals surface area (Å²) in [5, 5.41) is 3.06. The van der Waals surface area contributed by atoms with Gasteiger partial charge in [0.1, 0.15) is 0 Å². The Hall–Kier alpha value is -2.44. The van der Waals surface area contributed by atoms with Gasteiger partial charge in [0.25, 0.3) is 0 Å². The number of nitrogens with zero attached hydrogens (tertiary/aromatic N) is 4. The molecule has 0 amide bonds. The molecule has 0 radical (unpaired) electrons. The van der Waals surface area contributed by atoms with Crippen molar-refractivity contribution in [1.29, 1.82) is 0 Å². The Balaban J connectivity index is 1.81. The number of nitrogens with one attached hydrogen (secondary N) is 1. The molecule has 2 rings (SSSR count). The lowest BCUT2D eigenvalue weighted by molar-refractivity contribution is 0.0594. The van der Waals surface area contributed by atoms with Gasteiger partial charge in [-0.2, -0.15) is 0 Å². The van der Waals surface area contributed by atoms with Gasteiger partial charge in [0.15, 0.2) is 5.69 Å². The number of ether oxygens (including phenoxy) is 1. The van der Waals surface area contributed by atoms with Crippen molar-refractivity contribution in [3.63, 3.8) is 0 Å². The van der Waals surface area contributed by atoms with Crippen molar-refractivity contribution in [3.05, 3.63) is 36.7 Å². The number of carbonyl (C=O) groups is 1. The minimum atomic E-state index is -0.469. The van der Waals surface area contributed by atoms with E-state index in [1.165, 1.54) is 19.4 Å². The molecule has 2 aromatic rings. The summed E-state index contributed by atoms with van der Waals surface area (Å²) >= 11 is 0. The van der Waals surface area contributed by atoms with E-state index in [9.17, 15) is 4.79 Å². The zero-order chi connectivity index (χ0) is 13.5. The van der Waals surface area contributed by atoms with Gasteiger partial charge in [-0.15, -0.1) is 0 Å². The molecule has 0 fully saturated rings. The summed E-state index contributed by atoms with van der Waals surface area (Å²) in [5.41, 5.74) is 0.245. The van der Waals surface area contributed by atoms with Crippen LogP contribution in [-0.4, -0.2) is 39.1 Å². The third-order valence-corrected chi connectivity index (χ3v) is 2.49. The molecule has 0 aromatic carbocycles. The number of imidazole rings is 1. The number of aromatic nitrogens is 4. The SMILES string of the molecule is COC(=O)c1ccnc(NCCCn2ccnc2)n1. The van der Waals surface area contributed by atoms with Crippen LogP contribution >= 0.6 is 0 Å². The van der Waals surface area contributed by atoms with Gasteiger partial charge in [0.2, 0.25) is 5.95 Å². The summed E-state index contributed by atoms with van der Waals surface area (Å²) in [4.78, 5) is 23.4. The molecule has 1 N–H and O–H groups in total. The van der Waals surface area contributed by atoms with Crippen LogP contribution in [0, 0.1) is 0 Å². The molecule has 0 spiro atoms. The number of esters is 1.